The highest BCUT2D eigenvalue weighted by Gasteiger charge is 2.46. The molecule has 3 nitrogen and oxygen atoms in total. The van der Waals surface area contributed by atoms with Crippen LogP contribution in [-0.2, 0) is 9.05 Å². The molecule has 1 saturated carbocycles. The SMILES string of the molecule is N#CC[C@H]1C[C@H]1S(=O)(=O)Cl. The molecule has 0 aromatic heterocycles. The molecule has 0 aromatic carbocycles. The Morgan fingerprint density at radius 3 is 2.60 bits per heavy atom. The van der Waals surface area contributed by atoms with Gasteiger partial charge in [-0.05, 0) is 12.3 Å². The molecule has 1 aliphatic carbocycles. The van der Waals surface area contributed by atoms with Crippen molar-refractivity contribution < 1.29 is 8.42 Å². The van der Waals surface area contributed by atoms with Crippen LogP contribution in [0.3, 0.4) is 0 Å². The fourth-order valence-electron chi connectivity index (χ4n) is 0.897. The molecule has 0 saturated heterocycles. The van der Waals surface area contributed by atoms with Crippen molar-refractivity contribution in [3.05, 3.63) is 0 Å². The number of hydrogen-bond acceptors (Lipinski definition) is 3. The van der Waals surface area contributed by atoms with Crippen LogP contribution in [0.15, 0.2) is 0 Å². The molecule has 0 spiro atoms. The van der Waals surface area contributed by atoms with Crippen molar-refractivity contribution in [1.82, 2.24) is 0 Å². The van der Waals surface area contributed by atoms with Crippen LogP contribution in [0.2, 0.25) is 0 Å². The van der Waals surface area contributed by atoms with E-state index in [1.54, 1.807) is 0 Å². The number of nitriles is 1. The van der Waals surface area contributed by atoms with Gasteiger partial charge in [-0.25, -0.2) is 8.42 Å². The molecule has 0 unspecified atom stereocenters. The van der Waals surface area contributed by atoms with Crippen LogP contribution < -0.4 is 0 Å². The Bertz CT molecular complexity index is 266. The van der Waals surface area contributed by atoms with Crippen molar-refractivity contribution in [3.8, 4) is 6.07 Å². The van der Waals surface area contributed by atoms with Gasteiger partial charge in [0.25, 0.3) is 0 Å². The first-order valence-corrected chi connectivity index (χ1v) is 5.23. The Balaban J connectivity index is 2.49. The normalized spacial score (nSPS) is 31.2. The van der Waals surface area contributed by atoms with Crippen molar-refractivity contribution in [2.75, 3.05) is 0 Å². The summed E-state index contributed by atoms with van der Waals surface area (Å²) in [6.07, 6.45) is 0.857. The first kappa shape index (κ1) is 7.83. The maximum Gasteiger partial charge on any atom is 0.235 e. The summed E-state index contributed by atoms with van der Waals surface area (Å²) >= 11 is 0. The van der Waals surface area contributed by atoms with E-state index in [-0.39, 0.29) is 5.92 Å². The zero-order valence-electron chi connectivity index (χ0n) is 5.12. The van der Waals surface area contributed by atoms with Gasteiger partial charge in [-0.1, -0.05) is 0 Å². The fourth-order valence-corrected chi connectivity index (χ4v) is 2.58. The summed E-state index contributed by atoms with van der Waals surface area (Å²) in [5.41, 5.74) is 0. The molecule has 0 bridgehead atoms. The molecule has 2 atom stereocenters. The molecule has 0 radical (unpaired) electrons. The molecule has 1 fully saturated rings. The summed E-state index contributed by atoms with van der Waals surface area (Å²) in [7, 11) is 1.64. The van der Waals surface area contributed by atoms with E-state index < -0.39 is 14.3 Å². The van der Waals surface area contributed by atoms with Gasteiger partial charge in [-0.3, -0.25) is 0 Å². The maximum absolute atomic E-state index is 10.5. The molecule has 1 aliphatic rings. The van der Waals surface area contributed by atoms with Crippen LogP contribution in [0.4, 0.5) is 0 Å². The molecule has 0 amide bonds. The first-order chi connectivity index (χ1) is 4.55. The van der Waals surface area contributed by atoms with Crippen molar-refractivity contribution in [3.63, 3.8) is 0 Å². The van der Waals surface area contributed by atoms with Gasteiger partial charge in [0.1, 0.15) is 0 Å². The van der Waals surface area contributed by atoms with E-state index in [0.29, 0.717) is 12.8 Å². The molecule has 1 rings (SSSR count). The summed E-state index contributed by atoms with van der Waals surface area (Å²) in [5, 5.41) is 7.72. The van der Waals surface area contributed by atoms with Gasteiger partial charge in [0.15, 0.2) is 0 Å². The second-order valence-corrected chi connectivity index (χ2v) is 5.22. The fraction of sp³-hybridized carbons (Fsp3) is 0.800. The predicted octanol–water partition coefficient (Wildman–Crippen LogP) is 0.857. The number of hydrogen-bond donors (Lipinski definition) is 0. The van der Waals surface area contributed by atoms with Crippen LogP contribution in [0, 0.1) is 17.2 Å². The van der Waals surface area contributed by atoms with E-state index in [2.05, 4.69) is 0 Å². The van der Waals surface area contributed by atoms with Gasteiger partial charge in [-0.15, -0.1) is 0 Å². The largest absolute Gasteiger partial charge is 0.235 e. The van der Waals surface area contributed by atoms with Crippen LogP contribution in [0.1, 0.15) is 12.8 Å². The molecular weight excluding hydrogens is 174 g/mol. The summed E-state index contributed by atoms with van der Waals surface area (Å²) in [6.45, 7) is 0. The molecule has 0 aliphatic heterocycles. The van der Waals surface area contributed by atoms with Crippen molar-refractivity contribution in [2.24, 2.45) is 5.92 Å². The Labute approximate surface area is 64.0 Å². The number of halogens is 1. The summed E-state index contributed by atoms with van der Waals surface area (Å²) < 4.78 is 21.1. The molecule has 10 heavy (non-hydrogen) atoms. The van der Waals surface area contributed by atoms with E-state index in [0.717, 1.165) is 0 Å². The van der Waals surface area contributed by atoms with Gasteiger partial charge in [0.05, 0.1) is 11.3 Å². The number of rotatable bonds is 2. The van der Waals surface area contributed by atoms with E-state index in [1.807, 2.05) is 6.07 Å². The van der Waals surface area contributed by atoms with Crippen LogP contribution in [0.5, 0.6) is 0 Å². The molecule has 5 heteroatoms. The summed E-state index contributed by atoms with van der Waals surface area (Å²) in [4.78, 5) is 0. The maximum atomic E-state index is 10.5. The van der Waals surface area contributed by atoms with Crippen LogP contribution in [-0.4, -0.2) is 13.7 Å². The van der Waals surface area contributed by atoms with Crippen molar-refractivity contribution >= 4 is 19.7 Å². The van der Waals surface area contributed by atoms with E-state index >= 15 is 0 Å². The average molecular weight is 180 g/mol. The Kier molecular flexibility index (Phi) is 1.88. The van der Waals surface area contributed by atoms with Crippen molar-refractivity contribution in [1.29, 1.82) is 5.26 Å². The smallest absolute Gasteiger partial charge is 0.212 e. The average Bonchev–Trinajstić information content (AvgIpc) is 2.44. The standard InChI is InChI=1S/C5H6ClNO2S/c6-10(8,9)5-3-4(5)1-2-7/h4-5H,1,3H2/t4-,5+/m0/s1. The van der Waals surface area contributed by atoms with Gasteiger partial charge in [0.2, 0.25) is 9.05 Å². The molecule has 0 heterocycles. The monoisotopic (exact) mass is 179 g/mol. The van der Waals surface area contributed by atoms with Gasteiger partial charge >= 0.3 is 0 Å². The lowest BCUT2D eigenvalue weighted by atomic mass is 10.3. The van der Waals surface area contributed by atoms with Crippen LogP contribution in [0.25, 0.3) is 0 Å². The topological polar surface area (TPSA) is 57.9 Å². The molecule has 0 N–H and O–H groups in total. The van der Waals surface area contributed by atoms with E-state index in [1.165, 1.54) is 0 Å². The Morgan fingerprint density at radius 1 is 1.70 bits per heavy atom. The highest BCUT2D eigenvalue weighted by atomic mass is 35.7. The molecule has 0 aromatic rings. The second kappa shape index (κ2) is 2.40. The lowest BCUT2D eigenvalue weighted by Crippen LogP contribution is -1.99. The Morgan fingerprint density at radius 2 is 2.30 bits per heavy atom. The third-order valence-corrected chi connectivity index (χ3v) is 3.56. The lowest BCUT2D eigenvalue weighted by Gasteiger charge is -1.87. The van der Waals surface area contributed by atoms with Gasteiger partial charge in [-0.2, -0.15) is 5.26 Å². The van der Waals surface area contributed by atoms with E-state index in [9.17, 15) is 8.42 Å². The van der Waals surface area contributed by atoms with E-state index in [4.69, 9.17) is 15.9 Å². The third-order valence-electron chi connectivity index (χ3n) is 1.57. The van der Waals surface area contributed by atoms with Crippen LogP contribution >= 0.6 is 10.7 Å². The second-order valence-electron chi connectivity index (χ2n) is 2.37. The molecule has 56 valence electrons. The summed E-state index contributed by atoms with van der Waals surface area (Å²) in [6, 6.07) is 1.91. The van der Waals surface area contributed by atoms with Gasteiger partial charge < -0.3 is 0 Å². The minimum absolute atomic E-state index is 0.00694. The summed E-state index contributed by atoms with van der Waals surface area (Å²) in [5.74, 6) is -0.00694. The lowest BCUT2D eigenvalue weighted by molar-refractivity contribution is 0.606. The quantitative estimate of drug-likeness (QED) is 0.591. The van der Waals surface area contributed by atoms with Gasteiger partial charge in [0, 0.05) is 17.1 Å². The number of nitrogens with zero attached hydrogens (tertiary/aromatic N) is 1. The third kappa shape index (κ3) is 1.61. The minimum Gasteiger partial charge on any atom is -0.212 e. The zero-order valence-corrected chi connectivity index (χ0v) is 6.69. The first-order valence-electron chi connectivity index (χ1n) is 2.86. The Hall–Kier alpha value is -0.270. The predicted molar refractivity (Wildman–Crippen MR) is 36.9 cm³/mol. The highest BCUT2D eigenvalue weighted by Crippen LogP contribution is 2.41. The zero-order chi connectivity index (χ0) is 7.78. The highest BCUT2D eigenvalue weighted by molar-refractivity contribution is 8.14. The van der Waals surface area contributed by atoms with Crippen molar-refractivity contribution in [2.45, 2.75) is 18.1 Å². The minimum atomic E-state index is -3.38. The molecular formula is C5H6ClNO2S.